The largest absolute Gasteiger partial charge is 0.478 e. The van der Waals surface area contributed by atoms with Crippen molar-refractivity contribution in [1.82, 2.24) is 4.98 Å². The van der Waals surface area contributed by atoms with E-state index >= 15 is 0 Å². The van der Waals surface area contributed by atoms with Gasteiger partial charge in [0.15, 0.2) is 0 Å². The van der Waals surface area contributed by atoms with Gasteiger partial charge in [-0.25, -0.2) is 9.59 Å². The van der Waals surface area contributed by atoms with Gasteiger partial charge in [-0.3, -0.25) is 4.98 Å². The number of hydrogen-bond donors (Lipinski definition) is 2. The van der Waals surface area contributed by atoms with Gasteiger partial charge in [0.25, 0.3) is 0 Å². The van der Waals surface area contributed by atoms with E-state index in [1.807, 2.05) is 6.92 Å². The van der Waals surface area contributed by atoms with E-state index in [9.17, 15) is 9.59 Å². The highest BCUT2D eigenvalue weighted by molar-refractivity contribution is 5.96. The number of nitrogens with zero attached hydrogens (tertiary/aromatic N) is 1. The van der Waals surface area contributed by atoms with E-state index in [-0.39, 0.29) is 11.1 Å². The maximum absolute atomic E-state index is 11.0. The van der Waals surface area contributed by atoms with Crippen molar-refractivity contribution >= 4 is 11.9 Å². The first-order chi connectivity index (χ1) is 8.97. The van der Waals surface area contributed by atoms with Crippen molar-refractivity contribution in [2.75, 3.05) is 0 Å². The first kappa shape index (κ1) is 12.8. The molecule has 1 aromatic carbocycles. The number of benzene rings is 1. The number of pyridine rings is 1. The Hall–Kier alpha value is -2.69. The van der Waals surface area contributed by atoms with Crippen molar-refractivity contribution in [2.24, 2.45) is 0 Å². The second kappa shape index (κ2) is 4.89. The summed E-state index contributed by atoms with van der Waals surface area (Å²) in [6, 6.07) is 7.52. The normalized spacial score (nSPS) is 10.2. The minimum absolute atomic E-state index is 0.0515. The second-order valence-electron chi connectivity index (χ2n) is 4.10. The molecule has 2 aromatic rings. The Labute approximate surface area is 109 Å². The average Bonchev–Trinajstić information content (AvgIpc) is 2.38. The highest BCUT2D eigenvalue weighted by atomic mass is 16.4. The Morgan fingerprint density at radius 1 is 0.947 bits per heavy atom. The summed E-state index contributed by atoms with van der Waals surface area (Å²) in [6.07, 6.45) is 1.60. The van der Waals surface area contributed by atoms with E-state index in [0.717, 1.165) is 17.3 Å². The van der Waals surface area contributed by atoms with Crippen molar-refractivity contribution in [1.29, 1.82) is 0 Å². The number of aromatic carboxylic acids is 2. The van der Waals surface area contributed by atoms with Crippen molar-refractivity contribution in [3.05, 3.63) is 53.3 Å². The van der Waals surface area contributed by atoms with Gasteiger partial charge in [0.1, 0.15) is 0 Å². The van der Waals surface area contributed by atoms with Crippen LogP contribution in [-0.2, 0) is 0 Å². The van der Waals surface area contributed by atoms with Crippen LogP contribution in [0.2, 0.25) is 0 Å². The third-order valence-corrected chi connectivity index (χ3v) is 2.66. The van der Waals surface area contributed by atoms with Gasteiger partial charge in [0.05, 0.1) is 11.1 Å². The molecule has 2 N–H and O–H groups in total. The number of aromatic nitrogens is 1. The SMILES string of the molecule is Cc1cc(-c2cc(C(=O)O)cc(C(=O)O)c2)ccn1. The molecule has 0 spiro atoms. The van der Waals surface area contributed by atoms with Gasteiger partial charge < -0.3 is 10.2 Å². The molecule has 5 heteroatoms. The Morgan fingerprint density at radius 2 is 1.53 bits per heavy atom. The molecule has 0 atom stereocenters. The molecule has 0 bridgehead atoms. The molecule has 0 saturated heterocycles. The van der Waals surface area contributed by atoms with Gasteiger partial charge in [-0.15, -0.1) is 0 Å². The zero-order chi connectivity index (χ0) is 14.0. The van der Waals surface area contributed by atoms with Crippen LogP contribution in [0.3, 0.4) is 0 Å². The molecule has 96 valence electrons. The van der Waals surface area contributed by atoms with Crippen LogP contribution in [0.4, 0.5) is 0 Å². The number of aryl methyl sites for hydroxylation is 1. The molecule has 0 aliphatic heterocycles. The van der Waals surface area contributed by atoms with Crippen LogP contribution < -0.4 is 0 Å². The van der Waals surface area contributed by atoms with Crippen LogP contribution in [0.5, 0.6) is 0 Å². The summed E-state index contributed by atoms with van der Waals surface area (Å²) in [5, 5.41) is 18.0. The van der Waals surface area contributed by atoms with Gasteiger partial charge in [-0.05, 0) is 48.4 Å². The Balaban J connectivity index is 2.62. The van der Waals surface area contributed by atoms with Gasteiger partial charge in [-0.1, -0.05) is 0 Å². The fraction of sp³-hybridized carbons (Fsp3) is 0.0714. The second-order valence-corrected chi connectivity index (χ2v) is 4.10. The molecular formula is C14H11NO4. The monoisotopic (exact) mass is 257 g/mol. The molecule has 19 heavy (non-hydrogen) atoms. The summed E-state index contributed by atoms with van der Waals surface area (Å²) in [4.78, 5) is 26.1. The lowest BCUT2D eigenvalue weighted by molar-refractivity contribution is 0.0696. The topological polar surface area (TPSA) is 87.5 Å². The van der Waals surface area contributed by atoms with Crippen LogP contribution >= 0.6 is 0 Å². The van der Waals surface area contributed by atoms with Crippen LogP contribution in [0.15, 0.2) is 36.5 Å². The summed E-state index contributed by atoms with van der Waals surface area (Å²) >= 11 is 0. The molecule has 0 amide bonds. The third kappa shape index (κ3) is 2.77. The summed E-state index contributed by atoms with van der Waals surface area (Å²) in [5.74, 6) is -2.31. The van der Waals surface area contributed by atoms with Gasteiger partial charge >= 0.3 is 11.9 Å². The molecule has 1 heterocycles. The zero-order valence-corrected chi connectivity index (χ0v) is 10.1. The number of rotatable bonds is 3. The quantitative estimate of drug-likeness (QED) is 0.881. The van der Waals surface area contributed by atoms with E-state index < -0.39 is 11.9 Å². The van der Waals surface area contributed by atoms with Crippen molar-refractivity contribution < 1.29 is 19.8 Å². The van der Waals surface area contributed by atoms with Crippen LogP contribution in [0.25, 0.3) is 11.1 Å². The number of hydrogen-bond acceptors (Lipinski definition) is 3. The summed E-state index contributed by atoms with van der Waals surface area (Å²) < 4.78 is 0. The molecule has 2 rings (SSSR count). The predicted molar refractivity (Wildman–Crippen MR) is 68.3 cm³/mol. The number of carbonyl (C=O) groups is 2. The van der Waals surface area contributed by atoms with Crippen LogP contribution in [0, 0.1) is 6.92 Å². The fourth-order valence-corrected chi connectivity index (χ4v) is 1.77. The highest BCUT2D eigenvalue weighted by Gasteiger charge is 2.12. The maximum Gasteiger partial charge on any atom is 0.335 e. The highest BCUT2D eigenvalue weighted by Crippen LogP contribution is 2.23. The molecule has 0 aliphatic carbocycles. The molecule has 1 aromatic heterocycles. The lowest BCUT2D eigenvalue weighted by atomic mass is 10.00. The van der Waals surface area contributed by atoms with Gasteiger partial charge in [0, 0.05) is 11.9 Å². The molecule has 5 nitrogen and oxygen atoms in total. The van der Waals surface area contributed by atoms with Crippen molar-refractivity contribution in [2.45, 2.75) is 6.92 Å². The molecule has 0 fully saturated rings. The van der Waals surface area contributed by atoms with E-state index in [2.05, 4.69) is 4.98 Å². The fourth-order valence-electron chi connectivity index (χ4n) is 1.77. The Bertz CT molecular complexity index is 632. The summed E-state index contributed by atoms with van der Waals surface area (Å²) in [6.45, 7) is 1.81. The van der Waals surface area contributed by atoms with E-state index in [1.165, 1.54) is 12.1 Å². The van der Waals surface area contributed by atoms with Crippen molar-refractivity contribution in [3.63, 3.8) is 0 Å². The smallest absolute Gasteiger partial charge is 0.335 e. The molecule has 0 radical (unpaired) electrons. The van der Waals surface area contributed by atoms with E-state index in [1.54, 1.807) is 18.3 Å². The first-order valence-electron chi connectivity index (χ1n) is 5.52. The lowest BCUT2D eigenvalue weighted by Crippen LogP contribution is -2.03. The molecule has 0 aliphatic rings. The predicted octanol–water partition coefficient (Wildman–Crippen LogP) is 2.45. The lowest BCUT2D eigenvalue weighted by Gasteiger charge is -2.06. The van der Waals surface area contributed by atoms with Crippen LogP contribution in [0.1, 0.15) is 26.4 Å². The Kier molecular flexibility index (Phi) is 3.29. The van der Waals surface area contributed by atoms with E-state index in [4.69, 9.17) is 10.2 Å². The third-order valence-electron chi connectivity index (χ3n) is 2.66. The van der Waals surface area contributed by atoms with Gasteiger partial charge in [-0.2, -0.15) is 0 Å². The average molecular weight is 257 g/mol. The zero-order valence-electron chi connectivity index (χ0n) is 10.1. The van der Waals surface area contributed by atoms with Crippen LogP contribution in [-0.4, -0.2) is 27.1 Å². The van der Waals surface area contributed by atoms with Gasteiger partial charge in [0.2, 0.25) is 0 Å². The summed E-state index contributed by atoms with van der Waals surface area (Å²) in [7, 11) is 0. The molecule has 0 unspecified atom stereocenters. The van der Waals surface area contributed by atoms with Crippen molar-refractivity contribution in [3.8, 4) is 11.1 Å². The number of carboxylic acid groups (broad SMARTS) is 2. The standard InChI is InChI=1S/C14H11NO4/c1-8-4-9(2-3-15-8)10-5-11(13(16)17)7-12(6-10)14(18)19/h2-7H,1H3,(H,16,17)(H,18,19). The minimum Gasteiger partial charge on any atom is -0.478 e. The number of carboxylic acids is 2. The molecular weight excluding hydrogens is 246 g/mol. The molecule has 0 saturated carbocycles. The first-order valence-corrected chi connectivity index (χ1v) is 5.52. The maximum atomic E-state index is 11.0. The minimum atomic E-state index is -1.16. The van der Waals surface area contributed by atoms with E-state index in [0.29, 0.717) is 5.56 Å². The summed E-state index contributed by atoms with van der Waals surface area (Å²) in [5.41, 5.74) is 1.95. The Morgan fingerprint density at radius 3 is 2.00 bits per heavy atom.